The minimum Gasteiger partial charge on any atom is -0.0844 e. The Balaban J connectivity index is 2.14. The van der Waals surface area contributed by atoms with E-state index in [2.05, 4.69) is 65.0 Å². The van der Waals surface area contributed by atoms with Gasteiger partial charge in [0.2, 0.25) is 0 Å². The lowest BCUT2D eigenvalue weighted by atomic mass is 9.72. The summed E-state index contributed by atoms with van der Waals surface area (Å²) in [5.41, 5.74) is 7.77. The molecule has 0 nitrogen and oxygen atoms in total. The average molecular weight is 282 g/mol. The number of allylic oxidation sites excluding steroid dienone is 10. The molecule has 21 heavy (non-hydrogen) atoms. The minimum absolute atomic E-state index is 0.337. The third-order valence-electron chi connectivity index (χ3n) is 4.91. The van der Waals surface area contributed by atoms with Gasteiger partial charge in [0.1, 0.15) is 0 Å². The summed E-state index contributed by atoms with van der Waals surface area (Å²) < 4.78 is 0. The van der Waals surface area contributed by atoms with Crippen LogP contribution in [0.5, 0.6) is 0 Å². The molecule has 0 fully saturated rings. The first-order chi connectivity index (χ1) is 9.92. The maximum atomic E-state index is 2.38. The lowest BCUT2D eigenvalue weighted by Gasteiger charge is -2.32. The fraction of sp³-hybridized carbons (Fsp3) is 0.524. The van der Waals surface area contributed by atoms with Crippen LogP contribution in [0, 0.1) is 5.41 Å². The highest BCUT2D eigenvalue weighted by Crippen LogP contribution is 2.40. The van der Waals surface area contributed by atoms with Crippen molar-refractivity contribution in [2.75, 3.05) is 0 Å². The first-order valence-corrected chi connectivity index (χ1v) is 8.35. The number of hydrogen-bond acceptors (Lipinski definition) is 0. The highest BCUT2D eigenvalue weighted by Gasteiger charge is 2.26. The predicted molar refractivity (Wildman–Crippen MR) is 94.3 cm³/mol. The molecule has 0 bridgehead atoms. The van der Waals surface area contributed by atoms with Crippen LogP contribution in [-0.4, -0.2) is 0 Å². The van der Waals surface area contributed by atoms with E-state index in [0.717, 1.165) is 0 Å². The third kappa shape index (κ3) is 4.09. The van der Waals surface area contributed by atoms with E-state index in [1.807, 2.05) is 0 Å². The van der Waals surface area contributed by atoms with E-state index in [-0.39, 0.29) is 0 Å². The molecule has 0 unspecified atom stereocenters. The molecule has 0 saturated heterocycles. The zero-order valence-corrected chi connectivity index (χ0v) is 14.4. The standard InChI is InChI=1S/C21H30/c1-6-18-10-11-19(15-18)14-16(2)9-12-20-17(3)8-7-13-21(20,4)5/h6,9,12,14-15H,7-8,10-11,13H2,1-5H3. The van der Waals surface area contributed by atoms with Gasteiger partial charge in [-0.3, -0.25) is 0 Å². The quantitative estimate of drug-likeness (QED) is 0.506. The summed E-state index contributed by atoms with van der Waals surface area (Å²) in [4.78, 5) is 0. The zero-order chi connectivity index (χ0) is 15.5. The van der Waals surface area contributed by atoms with Crippen LogP contribution in [0.3, 0.4) is 0 Å². The Bertz CT molecular complexity index is 545. The van der Waals surface area contributed by atoms with Crippen LogP contribution >= 0.6 is 0 Å². The summed E-state index contributed by atoms with van der Waals surface area (Å²) in [5.74, 6) is 0. The predicted octanol–water partition coefficient (Wildman–Crippen LogP) is 6.68. The first-order valence-electron chi connectivity index (χ1n) is 8.35. The van der Waals surface area contributed by atoms with Crippen LogP contribution < -0.4 is 0 Å². The number of rotatable bonds is 3. The molecule has 0 aliphatic heterocycles. The maximum absolute atomic E-state index is 2.38. The zero-order valence-electron chi connectivity index (χ0n) is 14.4. The molecule has 0 spiro atoms. The monoisotopic (exact) mass is 282 g/mol. The van der Waals surface area contributed by atoms with Crippen LogP contribution in [0.25, 0.3) is 0 Å². The van der Waals surface area contributed by atoms with Gasteiger partial charge in [-0.2, -0.15) is 0 Å². The maximum Gasteiger partial charge on any atom is -0.0104 e. The molecule has 0 heteroatoms. The van der Waals surface area contributed by atoms with Gasteiger partial charge in [-0.05, 0) is 69.4 Å². The molecule has 0 amide bonds. The van der Waals surface area contributed by atoms with Crippen LogP contribution in [0.4, 0.5) is 0 Å². The summed E-state index contributed by atoms with van der Waals surface area (Å²) in [7, 11) is 0. The van der Waals surface area contributed by atoms with Gasteiger partial charge in [-0.15, -0.1) is 0 Å². The molecular formula is C21H30. The number of hydrogen-bond donors (Lipinski definition) is 0. The Morgan fingerprint density at radius 3 is 2.57 bits per heavy atom. The summed E-state index contributed by atoms with van der Waals surface area (Å²) in [6.45, 7) is 11.4. The van der Waals surface area contributed by atoms with E-state index in [1.54, 1.807) is 11.1 Å². The SMILES string of the molecule is CC=C1C=C(C=C(C)C=CC2=C(C)CCCC2(C)C)CC1. The minimum atomic E-state index is 0.337. The Morgan fingerprint density at radius 2 is 1.95 bits per heavy atom. The van der Waals surface area contributed by atoms with Gasteiger partial charge >= 0.3 is 0 Å². The van der Waals surface area contributed by atoms with E-state index < -0.39 is 0 Å². The van der Waals surface area contributed by atoms with E-state index in [9.17, 15) is 0 Å². The molecular weight excluding hydrogens is 252 g/mol. The van der Waals surface area contributed by atoms with Crippen LogP contribution in [-0.2, 0) is 0 Å². The van der Waals surface area contributed by atoms with Crippen LogP contribution in [0.2, 0.25) is 0 Å². The van der Waals surface area contributed by atoms with Crippen molar-refractivity contribution >= 4 is 0 Å². The third-order valence-corrected chi connectivity index (χ3v) is 4.91. The van der Waals surface area contributed by atoms with Crippen molar-refractivity contribution in [2.45, 2.75) is 66.7 Å². The van der Waals surface area contributed by atoms with Crippen molar-refractivity contribution in [3.63, 3.8) is 0 Å². The highest BCUT2D eigenvalue weighted by molar-refractivity contribution is 5.41. The van der Waals surface area contributed by atoms with Gasteiger partial charge in [-0.25, -0.2) is 0 Å². The van der Waals surface area contributed by atoms with E-state index in [4.69, 9.17) is 0 Å². The average Bonchev–Trinajstić information content (AvgIpc) is 2.85. The highest BCUT2D eigenvalue weighted by atomic mass is 14.3. The summed E-state index contributed by atoms with van der Waals surface area (Å²) in [6.07, 6.45) is 17.9. The van der Waals surface area contributed by atoms with Gasteiger partial charge in [0.05, 0.1) is 0 Å². The fourth-order valence-corrected chi connectivity index (χ4v) is 3.58. The summed E-state index contributed by atoms with van der Waals surface area (Å²) >= 11 is 0. The summed E-state index contributed by atoms with van der Waals surface area (Å²) in [5, 5.41) is 0. The largest absolute Gasteiger partial charge is 0.0844 e. The normalized spacial score (nSPS) is 25.1. The molecule has 0 heterocycles. The molecule has 2 aliphatic carbocycles. The smallest absolute Gasteiger partial charge is 0.0104 e. The first kappa shape index (κ1) is 16.1. The van der Waals surface area contributed by atoms with Crippen molar-refractivity contribution in [1.29, 1.82) is 0 Å². The molecule has 0 aromatic heterocycles. The van der Waals surface area contributed by atoms with Gasteiger partial charge < -0.3 is 0 Å². The second-order valence-electron chi connectivity index (χ2n) is 7.24. The Morgan fingerprint density at radius 1 is 1.19 bits per heavy atom. The molecule has 0 saturated carbocycles. The van der Waals surface area contributed by atoms with E-state index in [1.165, 1.54) is 48.8 Å². The second kappa shape index (κ2) is 6.64. The van der Waals surface area contributed by atoms with E-state index >= 15 is 0 Å². The van der Waals surface area contributed by atoms with Crippen molar-refractivity contribution in [3.05, 3.63) is 58.2 Å². The molecule has 2 rings (SSSR count). The second-order valence-corrected chi connectivity index (χ2v) is 7.24. The lowest BCUT2D eigenvalue weighted by Crippen LogP contribution is -2.19. The van der Waals surface area contributed by atoms with Crippen LogP contribution in [0.15, 0.2) is 58.2 Å². The van der Waals surface area contributed by atoms with Crippen molar-refractivity contribution in [2.24, 2.45) is 5.41 Å². The molecule has 0 aromatic rings. The van der Waals surface area contributed by atoms with Crippen molar-refractivity contribution in [1.82, 2.24) is 0 Å². The Labute approximate surface area is 131 Å². The van der Waals surface area contributed by atoms with Crippen molar-refractivity contribution in [3.8, 4) is 0 Å². The van der Waals surface area contributed by atoms with Gasteiger partial charge in [0, 0.05) is 0 Å². The summed E-state index contributed by atoms with van der Waals surface area (Å²) in [6, 6.07) is 0. The van der Waals surface area contributed by atoms with Gasteiger partial charge in [0.25, 0.3) is 0 Å². The van der Waals surface area contributed by atoms with E-state index in [0.29, 0.717) is 5.41 Å². The lowest BCUT2D eigenvalue weighted by molar-refractivity contribution is 0.377. The van der Waals surface area contributed by atoms with Crippen molar-refractivity contribution < 1.29 is 0 Å². The Hall–Kier alpha value is -1.30. The van der Waals surface area contributed by atoms with Crippen LogP contribution in [0.1, 0.15) is 66.7 Å². The topological polar surface area (TPSA) is 0 Å². The van der Waals surface area contributed by atoms with Gasteiger partial charge in [0.15, 0.2) is 0 Å². The fourth-order valence-electron chi connectivity index (χ4n) is 3.58. The molecule has 0 N–H and O–H groups in total. The molecule has 0 radical (unpaired) electrons. The molecule has 114 valence electrons. The van der Waals surface area contributed by atoms with Gasteiger partial charge in [-0.1, -0.05) is 60.9 Å². The molecule has 0 atom stereocenters. The molecule has 2 aliphatic rings. The Kier molecular flexibility index (Phi) is 5.08. The molecule has 0 aromatic carbocycles.